The first-order valence-electron chi connectivity index (χ1n) is 9.31. The van der Waals surface area contributed by atoms with Gasteiger partial charge in [-0.1, -0.05) is 12.1 Å². The zero-order valence-corrected chi connectivity index (χ0v) is 16.1. The van der Waals surface area contributed by atoms with Crippen molar-refractivity contribution in [1.82, 2.24) is 0 Å². The second-order valence-electron chi connectivity index (χ2n) is 6.61. The maximum Gasteiger partial charge on any atom is 0.387 e. The molecule has 0 aromatic heterocycles. The van der Waals surface area contributed by atoms with E-state index in [-0.39, 0.29) is 22.9 Å². The number of amides is 2. The second-order valence-corrected chi connectivity index (χ2v) is 6.61. The monoisotopic (exact) mass is 418 g/mol. The smallest absolute Gasteiger partial charge is 0.387 e. The van der Waals surface area contributed by atoms with E-state index >= 15 is 0 Å². The van der Waals surface area contributed by atoms with Crippen LogP contribution in [0.4, 0.5) is 20.2 Å². The highest BCUT2D eigenvalue weighted by molar-refractivity contribution is 5.99. The minimum Gasteiger partial charge on any atom is -0.449 e. The van der Waals surface area contributed by atoms with Crippen LogP contribution >= 0.6 is 0 Å². The predicted octanol–water partition coefficient (Wildman–Crippen LogP) is 3.60. The number of carbonyl (C=O) groups excluding carboxylic acids is 3. The number of esters is 1. The number of ether oxygens (including phenoxy) is 2. The molecular weight excluding hydrogens is 398 g/mol. The van der Waals surface area contributed by atoms with Gasteiger partial charge in [0.25, 0.3) is 5.91 Å². The summed E-state index contributed by atoms with van der Waals surface area (Å²) < 4.78 is 34.5. The van der Waals surface area contributed by atoms with E-state index in [2.05, 4.69) is 10.1 Å². The number of carbonyl (C=O) groups is 3. The highest BCUT2D eigenvalue weighted by Gasteiger charge is 2.23. The molecule has 0 saturated carbocycles. The normalized spacial score (nSPS) is 14.5. The molecule has 1 aliphatic rings. The van der Waals surface area contributed by atoms with Crippen LogP contribution in [-0.2, 0) is 14.3 Å². The van der Waals surface area contributed by atoms with Gasteiger partial charge in [0.2, 0.25) is 5.91 Å². The van der Waals surface area contributed by atoms with Crippen molar-refractivity contribution in [2.75, 3.05) is 16.8 Å². The zero-order valence-electron chi connectivity index (χ0n) is 16.1. The van der Waals surface area contributed by atoms with E-state index < -0.39 is 24.6 Å². The maximum atomic E-state index is 12.5. The van der Waals surface area contributed by atoms with Gasteiger partial charge in [-0.2, -0.15) is 8.78 Å². The minimum absolute atomic E-state index is 0.0327. The molecule has 3 rings (SSSR count). The third-order valence-electron chi connectivity index (χ3n) is 4.50. The fourth-order valence-corrected chi connectivity index (χ4v) is 2.98. The Morgan fingerprint density at radius 2 is 1.80 bits per heavy atom. The maximum absolute atomic E-state index is 12.5. The lowest BCUT2D eigenvalue weighted by atomic mass is 10.2. The molecule has 1 aliphatic heterocycles. The van der Waals surface area contributed by atoms with E-state index in [4.69, 9.17) is 4.74 Å². The van der Waals surface area contributed by atoms with Gasteiger partial charge in [-0.3, -0.25) is 9.59 Å². The lowest BCUT2D eigenvalue weighted by Gasteiger charge is -2.17. The lowest BCUT2D eigenvalue weighted by Crippen LogP contribution is -2.30. The molecule has 1 fully saturated rings. The van der Waals surface area contributed by atoms with Crippen molar-refractivity contribution in [2.45, 2.75) is 32.5 Å². The number of hydrogen-bond acceptors (Lipinski definition) is 5. The SMILES string of the molecule is C[C@@H](OC(=O)c1ccc(N2CCCC2=O)cc1)C(=O)Nc1ccccc1OC(F)F. The van der Waals surface area contributed by atoms with Gasteiger partial charge in [0.1, 0.15) is 5.75 Å². The summed E-state index contributed by atoms with van der Waals surface area (Å²) in [5, 5.41) is 2.40. The summed E-state index contributed by atoms with van der Waals surface area (Å²) in [7, 11) is 0. The average molecular weight is 418 g/mol. The Hall–Kier alpha value is -3.49. The highest BCUT2D eigenvalue weighted by atomic mass is 19.3. The molecule has 2 amide bonds. The predicted molar refractivity (Wildman–Crippen MR) is 105 cm³/mol. The van der Waals surface area contributed by atoms with E-state index in [0.29, 0.717) is 18.7 Å². The number of alkyl halides is 2. The molecule has 0 aliphatic carbocycles. The van der Waals surface area contributed by atoms with Crippen LogP contribution in [0.1, 0.15) is 30.1 Å². The van der Waals surface area contributed by atoms with Gasteiger partial charge < -0.3 is 19.7 Å². The van der Waals surface area contributed by atoms with Gasteiger partial charge in [-0.25, -0.2) is 4.79 Å². The first-order chi connectivity index (χ1) is 14.3. The first-order valence-corrected chi connectivity index (χ1v) is 9.31. The summed E-state index contributed by atoms with van der Waals surface area (Å²) in [4.78, 5) is 38.0. The number of anilines is 2. The Morgan fingerprint density at radius 1 is 1.10 bits per heavy atom. The van der Waals surface area contributed by atoms with Crippen LogP contribution in [0.5, 0.6) is 5.75 Å². The molecular formula is C21H20F2N2O5. The Labute approximate surface area is 171 Å². The second kappa shape index (κ2) is 9.34. The van der Waals surface area contributed by atoms with Crippen molar-refractivity contribution in [3.8, 4) is 5.75 Å². The molecule has 1 N–H and O–H groups in total. The van der Waals surface area contributed by atoms with Gasteiger partial charge in [0.05, 0.1) is 11.3 Å². The van der Waals surface area contributed by atoms with Gasteiger partial charge in [0.15, 0.2) is 6.10 Å². The van der Waals surface area contributed by atoms with Crippen LogP contribution in [0.2, 0.25) is 0 Å². The van der Waals surface area contributed by atoms with E-state index in [1.807, 2.05) is 0 Å². The van der Waals surface area contributed by atoms with E-state index in [1.54, 1.807) is 17.0 Å². The van der Waals surface area contributed by atoms with Crippen molar-refractivity contribution in [1.29, 1.82) is 0 Å². The summed E-state index contributed by atoms with van der Waals surface area (Å²) in [6.45, 7) is -1.05. The van der Waals surface area contributed by atoms with Crippen molar-refractivity contribution in [2.24, 2.45) is 0 Å². The molecule has 2 aromatic carbocycles. The van der Waals surface area contributed by atoms with Crippen LogP contribution in [-0.4, -0.2) is 37.0 Å². The molecule has 1 heterocycles. The Morgan fingerprint density at radius 3 is 2.43 bits per heavy atom. The summed E-state index contributed by atoms with van der Waals surface area (Å²) in [5.41, 5.74) is 0.937. The molecule has 0 unspecified atom stereocenters. The topological polar surface area (TPSA) is 84.9 Å². The Kier molecular flexibility index (Phi) is 6.61. The molecule has 0 bridgehead atoms. The Bertz CT molecular complexity index is 933. The van der Waals surface area contributed by atoms with Crippen molar-refractivity contribution >= 4 is 29.2 Å². The van der Waals surface area contributed by atoms with Gasteiger partial charge in [-0.05, 0) is 49.7 Å². The van der Waals surface area contributed by atoms with Crippen molar-refractivity contribution in [3.05, 3.63) is 54.1 Å². The molecule has 1 atom stereocenters. The number of rotatable bonds is 7. The quantitative estimate of drug-likeness (QED) is 0.695. The molecule has 1 saturated heterocycles. The largest absolute Gasteiger partial charge is 0.449 e. The molecule has 0 spiro atoms. The third kappa shape index (κ3) is 5.11. The number of nitrogens with zero attached hydrogens (tertiary/aromatic N) is 1. The molecule has 2 aromatic rings. The highest BCUT2D eigenvalue weighted by Crippen LogP contribution is 2.26. The van der Waals surface area contributed by atoms with Gasteiger partial charge >= 0.3 is 12.6 Å². The molecule has 7 nitrogen and oxygen atoms in total. The van der Waals surface area contributed by atoms with Crippen molar-refractivity contribution < 1.29 is 32.6 Å². The lowest BCUT2D eigenvalue weighted by molar-refractivity contribution is -0.123. The fraction of sp³-hybridized carbons (Fsp3) is 0.286. The first kappa shape index (κ1) is 21.2. The van der Waals surface area contributed by atoms with Crippen LogP contribution in [0, 0.1) is 0 Å². The van der Waals surface area contributed by atoms with Crippen LogP contribution in [0.25, 0.3) is 0 Å². The number of para-hydroxylation sites is 2. The fourth-order valence-electron chi connectivity index (χ4n) is 2.98. The van der Waals surface area contributed by atoms with Crippen molar-refractivity contribution in [3.63, 3.8) is 0 Å². The number of nitrogens with one attached hydrogen (secondary N) is 1. The average Bonchev–Trinajstić information content (AvgIpc) is 3.15. The van der Waals surface area contributed by atoms with E-state index in [9.17, 15) is 23.2 Å². The molecule has 9 heteroatoms. The summed E-state index contributed by atoms with van der Waals surface area (Å²) in [5.74, 6) is -1.60. The zero-order chi connectivity index (χ0) is 21.7. The molecule has 30 heavy (non-hydrogen) atoms. The molecule has 158 valence electrons. The third-order valence-corrected chi connectivity index (χ3v) is 4.50. The summed E-state index contributed by atoms with van der Waals surface area (Å²) in [6.07, 6.45) is 0.111. The number of benzene rings is 2. The summed E-state index contributed by atoms with van der Waals surface area (Å²) >= 11 is 0. The minimum atomic E-state index is -3.04. The van der Waals surface area contributed by atoms with Crippen LogP contribution in [0.15, 0.2) is 48.5 Å². The van der Waals surface area contributed by atoms with Crippen LogP contribution in [0.3, 0.4) is 0 Å². The summed E-state index contributed by atoms with van der Waals surface area (Å²) in [6, 6.07) is 12.0. The van der Waals surface area contributed by atoms with E-state index in [1.165, 1.54) is 43.3 Å². The number of hydrogen-bond donors (Lipinski definition) is 1. The number of halogens is 2. The Balaban J connectivity index is 1.60. The van der Waals surface area contributed by atoms with Crippen LogP contribution < -0.4 is 15.0 Å². The van der Waals surface area contributed by atoms with E-state index in [0.717, 1.165) is 6.42 Å². The molecule has 0 radical (unpaired) electrons. The standard InChI is InChI=1S/C21H20F2N2O5/c1-13(19(27)24-16-5-2-3-6-17(16)30-21(22)23)29-20(28)14-8-10-15(11-9-14)25-12-4-7-18(25)26/h2-3,5-6,8-11,13,21H,4,7,12H2,1H3,(H,24,27)/t13-/m1/s1. The van der Waals surface area contributed by atoms with Gasteiger partial charge in [0, 0.05) is 18.7 Å². The van der Waals surface area contributed by atoms with Gasteiger partial charge in [-0.15, -0.1) is 0 Å².